The van der Waals surface area contributed by atoms with Gasteiger partial charge in [0.05, 0.1) is 5.60 Å². The van der Waals surface area contributed by atoms with Crippen LogP contribution in [-0.2, 0) is 17.8 Å². The van der Waals surface area contributed by atoms with E-state index in [0.717, 1.165) is 24.8 Å². The van der Waals surface area contributed by atoms with E-state index in [4.69, 9.17) is 4.74 Å². The molecule has 1 N–H and O–H groups in total. The third-order valence-electron chi connectivity index (χ3n) is 5.41. The number of carbonyl (C=O) groups is 1. The van der Waals surface area contributed by atoms with E-state index in [1.165, 1.54) is 4.88 Å². The Bertz CT molecular complexity index is 702. The first-order valence-corrected chi connectivity index (χ1v) is 9.70. The molecular weight excluding hydrogens is 334 g/mol. The van der Waals surface area contributed by atoms with Crippen molar-refractivity contribution in [2.24, 2.45) is 11.8 Å². The number of hydrogen-bond donors (Lipinski definition) is 1. The molecule has 1 saturated heterocycles. The van der Waals surface area contributed by atoms with Gasteiger partial charge in [0, 0.05) is 24.4 Å². The Labute approximate surface area is 152 Å². The lowest BCUT2D eigenvalue weighted by atomic mass is 9.95. The number of benzene rings is 1. The molecule has 1 saturated carbocycles. The van der Waals surface area contributed by atoms with Crippen molar-refractivity contribution in [3.8, 4) is 0 Å². The molecule has 1 aliphatic heterocycles. The van der Waals surface area contributed by atoms with Gasteiger partial charge in [-0.1, -0.05) is 36.4 Å². The van der Waals surface area contributed by atoms with Crippen LogP contribution in [-0.4, -0.2) is 34.8 Å². The first-order valence-electron chi connectivity index (χ1n) is 8.82. The maximum Gasteiger partial charge on any atom is 0.410 e. The molecule has 5 heteroatoms. The van der Waals surface area contributed by atoms with Crippen LogP contribution in [0.3, 0.4) is 0 Å². The predicted octanol–water partition coefficient (Wildman–Crippen LogP) is 3.70. The number of likely N-dealkylation sites (tertiary alicyclic amines) is 1. The Hall–Kier alpha value is -1.85. The lowest BCUT2D eigenvalue weighted by Gasteiger charge is -2.25. The summed E-state index contributed by atoms with van der Waals surface area (Å²) in [5.41, 5.74) is 0.390. The standard InChI is InChI=1S/C20H23NO3S/c22-19(24-14-15-5-2-1-3-6-15)21-12-16-9-20(23,10-17(16)13-21)11-18-7-4-8-25-18/h1-8,16-17,23H,9-14H2. The van der Waals surface area contributed by atoms with E-state index in [1.54, 1.807) is 11.3 Å². The molecule has 2 fully saturated rings. The zero-order valence-corrected chi connectivity index (χ0v) is 15.0. The second-order valence-electron chi connectivity index (χ2n) is 7.35. The molecule has 0 bridgehead atoms. The van der Waals surface area contributed by atoms with E-state index in [2.05, 4.69) is 11.4 Å². The van der Waals surface area contributed by atoms with Crippen LogP contribution in [0.1, 0.15) is 23.3 Å². The van der Waals surface area contributed by atoms with Crippen molar-refractivity contribution >= 4 is 17.4 Å². The second kappa shape index (κ2) is 6.81. The summed E-state index contributed by atoms with van der Waals surface area (Å²) in [4.78, 5) is 15.4. The van der Waals surface area contributed by atoms with E-state index in [9.17, 15) is 9.90 Å². The molecule has 1 amide bonds. The maximum absolute atomic E-state index is 12.3. The summed E-state index contributed by atoms with van der Waals surface area (Å²) in [6.45, 7) is 1.71. The van der Waals surface area contributed by atoms with Gasteiger partial charge in [-0.25, -0.2) is 4.79 Å². The highest BCUT2D eigenvalue weighted by molar-refractivity contribution is 7.09. The molecule has 25 heavy (non-hydrogen) atoms. The van der Waals surface area contributed by atoms with E-state index < -0.39 is 5.60 Å². The summed E-state index contributed by atoms with van der Waals surface area (Å²) in [5, 5.41) is 13.0. The first kappa shape index (κ1) is 16.6. The molecule has 2 aliphatic rings. The first-order chi connectivity index (χ1) is 12.1. The van der Waals surface area contributed by atoms with Crippen LogP contribution in [0.25, 0.3) is 0 Å². The summed E-state index contributed by atoms with van der Waals surface area (Å²) in [6, 6.07) is 13.9. The van der Waals surface area contributed by atoms with Crippen LogP contribution in [0.2, 0.25) is 0 Å². The minimum atomic E-state index is -0.611. The van der Waals surface area contributed by atoms with E-state index in [1.807, 2.05) is 41.3 Å². The average molecular weight is 357 g/mol. The highest BCUT2D eigenvalue weighted by Crippen LogP contribution is 2.45. The number of nitrogens with zero attached hydrogens (tertiary/aromatic N) is 1. The smallest absolute Gasteiger partial charge is 0.410 e. The number of amides is 1. The minimum absolute atomic E-state index is 0.236. The van der Waals surface area contributed by atoms with Gasteiger partial charge in [-0.15, -0.1) is 11.3 Å². The van der Waals surface area contributed by atoms with Gasteiger partial charge >= 0.3 is 6.09 Å². The van der Waals surface area contributed by atoms with Gasteiger partial charge < -0.3 is 14.7 Å². The summed E-state index contributed by atoms with van der Waals surface area (Å²) in [7, 11) is 0. The minimum Gasteiger partial charge on any atom is -0.445 e. The summed E-state index contributed by atoms with van der Waals surface area (Å²) in [5.74, 6) is 0.767. The van der Waals surface area contributed by atoms with Crippen LogP contribution < -0.4 is 0 Å². The summed E-state index contributed by atoms with van der Waals surface area (Å²) < 4.78 is 5.44. The quantitative estimate of drug-likeness (QED) is 0.908. The molecule has 2 atom stereocenters. The van der Waals surface area contributed by atoms with Gasteiger partial charge in [-0.3, -0.25) is 0 Å². The largest absolute Gasteiger partial charge is 0.445 e. The van der Waals surface area contributed by atoms with E-state index in [-0.39, 0.29) is 6.09 Å². The van der Waals surface area contributed by atoms with Crippen molar-refractivity contribution in [3.05, 3.63) is 58.3 Å². The molecule has 132 valence electrons. The number of hydrogen-bond acceptors (Lipinski definition) is 4. The Morgan fingerprint density at radius 3 is 2.52 bits per heavy atom. The van der Waals surface area contributed by atoms with Gasteiger partial charge in [-0.2, -0.15) is 0 Å². The zero-order valence-electron chi connectivity index (χ0n) is 14.1. The fourth-order valence-electron chi connectivity index (χ4n) is 4.30. The van der Waals surface area contributed by atoms with Crippen molar-refractivity contribution < 1.29 is 14.6 Å². The molecule has 4 nitrogen and oxygen atoms in total. The van der Waals surface area contributed by atoms with Crippen molar-refractivity contribution in [2.45, 2.75) is 31.5 Å². The van der Waals surface area contributed by atoms with Gasteiger partial charge in [0.2, 0.25) is 0 Å². The molecule has 0 radical (unpaired) electrons. The van der Waals surface area contributed by atoms with Crippen molar-refractivity contribution in [3.63, 3.8) is 0 Å². The van der Waals surface area contributed by atoms with Crippen LogP contribution in [0, 0.1) is 11.8 Å². The Morgan fingerprint density at radius 2 is 1.88 bits per heavy atom. The number of thiophene rings is 1. The zero-order chi connectivity index (χ0) is 17.3. The summed E-state index contributed by atoms with van der Waals surface area (Å²) >= 11 is 1.70. The Kier molecular flexibility index (Phi) is 4.52. The fraction of sp³-hybridized carbons (Fsp3) is 0.450. The molecule has 0 spiro atoms. The second-order valence-corrected chi connectivity index (χ2v) is 8.39. The molecule has 2 aromatic rings. The lowest BCUT2D eigenvalue weighted by Crippen LogP contribution is -2.34. The van der Waals surface area contributed by atoms with Crippen molar-refractivity contribution in [1.29, 1.82) is 0 Å². The molecule has 1 aromatic heterocycles. The predicted molar refractivity (Wildman–Crippen MR) is 97.4 cm³/mol. The molecule has 2 unspecified atom stereocenters. The molecule has 1 aromatic carbocycles. The normalized spacial score (nSPS) is 28.1. The topological polar surface area (TPSA) is 49.8 Å². The van der Waals surface area contributed by atoms with Gasteiger partial charge in [0.25, 0.3) is 0 Å². The van der Waals surface area contributed by atoms with E-state index in [0.29, 0.717) is 31.5 Å². The Balaban J connectivity index is 1.29. The van der Waals surface area contributed by atoms with Gasteiger partial charge in [-0.05, 0) is 41.7 Å². The van der Waals surface area contributed by atoms with Crippen LogP contribution in [0.5, 0.6) is 0 Å². The van der Waals surface area contributed by atoms with Gasteiger partial charge in [0.15, 0.2) is 0 Å². The van der Waals surface area contributed by atoms with Crippen LogP contribution >= 0.6 is 11.3 Å². The Morgan fingerprint density at radius 1 is 1.16 bits per heavy atom. The fourth-order valence-corrected chi connectivity index (χ4v) is 5.14. The molecule has 1 aliphatic carbocycles. The third-order valence-corrected chi connectivity index (χ3v) is 6.28. The van der Waals surface area contributed by atoms with E-state index >= 15 is 0 Å². The molecule has 4 rings (SSSR count). The number of aliphatic hydroxyl groups is 1. The monoisotopic (exact) mass is 357 g/mol. The summed E-state index contributed by atoms with van der Waals surface area (Å²) in [6.07, 6.45) is 2.05. The van der Waals surface area contributed by atoms with Crippen LogP contribution in [0.15, 0.2) is 47.8 Å². The van der Waals surface area contributed by atoms with Crippen LogP contribution in [0.4, 0.5) is 4.79 Å². The average Bonchev–Trinajstić information content (AvgIpc) is 3.29. The number of rotatable bonds is 4. The molecule has 2 heterocycles. The highest BCUT2D eigenvalue weighted by Gasteiger charge is 2.49. The maximum atomic E-state index is 12.3. The number of fused-ring (bicyclic) bond motifs is 1. The highest BCUT2D eigenvalue weighted by atomic mass is 32.1. The number of ether oxygens (including phenoxy) is 1. The third kappa shape index (κ3) is 3.72. The molecular formula is C20H23NO3S. The SMILES string of the molecule is O=C(OCc1ccccc1)N1CC2CC(O)(Cc3cccs3)CC2C1. The van der Waals surface area contributed by atoms with Gasteiger partial charge in [0.1, 0.15) is 6.61 Å². The van der Waals surface area contributed by atoms with Crippen molar-refractivity contribution in [2.75, 3.05) is 13.1 Å². The number of carbonyl (C=O) groups excluding carboxylic acids is 1. The lowest BCUT2D eigenvalue weighted by molar-refractivity contribution is 0.0344. The van der Waals surface area contributed by atoms with Crippen molar-refractivity contribution in [1.82, 2.24) is 4.90 Å².